The number of nitro benzene ring substituents is 1. The summed E-state index contributed by atoms with van der Waals surface area (Å²) in [5, 5.41) is 10.5. The lowest BCUT2D eigenvalue weighted by molar-refractivity contribution is -0.387. The van der Waals surface area contributed by atoms with E-state index in [1.807, 2.05) is 0 Å². The summed E-state index contributed by atoms with van der Waals surface area (Å²) in [6.07, 6.45) is 0. The predicted molar refractivity (Wildman–Crippen MR) is 69.3 cm³/mol. The lowest BCUT2D eigenvalue weighted by Crippen LogP contribution is -2.35. The SMILES string of the molecule is CCOCC(C)NS(=O)(=O)c1ccc([N+](=O)[O-])c(F)c1. The normalized spacial score (nSPS) is 13.2. The van der Waals surface area contributed by atoms with Crippen molar-refractivity contribution in [3.8, 4) is 0 Å². The summed E-state index contributed by atoms with van der Waals surface area (Å²) < 4.78 is 44.6. The standard InChI is InChI=1S/C11H15FN2O5S/c1-3-19-7-8(2)13-20(17,18)9-4-5-11(14(15)16)10(12)6-9/h4-6,8,13H,3,7H2,1-2H3. The second-order valence-corrected chi connectivity index (χ2v) is 5.77. The summed E-state index contributed by atoms with van der Waals surface area (Å²) in [4.78, 5) is 9.17. The highest BCUT2D eigenvalue weighted by Crippen LogP contribution is 2.20. The van der Waals surface area contributed by atoms with Crippen LogP contribution in [0.3, 0.4) is 0 Å². The Bertz CT molecular complexity index is 590. The fraction of sp³-hybridized carbons (Fsp3) is 0.455. The molecule has 1 atom stereocenters. The first-order valence-corrected chi connectivity index (χ1v) is 7.30. The second-order valence-electron chi connectivity index (χ2n) is 4.05. The van der Waals surface area contributed by atoms with Gasteiger partial charge in [-0.1, -0.05) is 0 Å². The molecule has 7 nitrogen and oxygen atoms in total. The Labute approximate surface area is 115 Å². The lowest BCUT2D eigenvalue weighted by atomic mass is 10.3. The molecule has 0 heterocycles. The Hall–Kier alpha value is -1.58. The molecule has 0 saturated carbocycles. The number of benzene rings is 1. The zero-order valence-electron chi connectivity index (χ0n) is 11.0. The van der Waals surface area contributed by atoms with Gasteiger partial charge in [-0.3, -0.25) is 10.1 Å². The van der Waals surface area contributed by atoms with Gasteiger partial charge in [-0.2, -0.15) is 4.39 Å². The molecule has 0 aliphatic carbocycles. The van der Waals surface area contributed by atoms with Crippen LogP contribution in [0.5, 0.6) is 0 Å². The van der Waals surface area contributed by atoms with Crippen LogP contribution in [0.4, 0.5) is 10.1 Å². The Morgan fingerprint density at radius 2 is 2.15 bits per heavy atom. The number of rotatable bonds is 7. The van der Waals surface area contributed by atoms with Crippen LogP contribution in [-0.4, -0.2) is 32.6 Å². The average Bonchev–Trinajstić information content (AvgIpc) is 2.35. The topological polar surface area (TPSA) is 98.5 Å². The highest BCUT2D eigenvalue weighted by molar-refractivity contribution is 7.89. The van der Waals surface area contributed by atoms with Crippen LogP contribution in [0.15, 0.2) is 23.1 Å². The number of hydrogen-bond acceptors (Lipinski definition) is 5. The van der Waals surface area contributed by atoms with Gasteiger partial charge in [0, 0.05) is 24.8 Å². The highest BCUT2D eigenvalue weighted by atomic mass is 32.2. The minimum absolute atomic E-state index is 0.172. The van der Waals surface area contributed by atoms with E-state index >= 15 is 0 Å². The van der Waals surface area contributed by atoms with Crippen LogP contribution in [-0.2, 0) is 14.8 Å². The number of nitrogens with one attached hydrogen (secondary N) is 1. The Kier molecular flexibility index (Phi) is 5.54. The van der Waals surface area contributed by atoms with E-state index in [9.17, 15) is 22.9 Å². The van der Waals surface area contributed by atoms with Gasteiger partial charge in [0.2, 0.25) is 15.8 Å². The summed E-state index contributed by atoms with van der Waals surface area (Å²) in [5.74, 6) is -1.20. The second kappa shape index (κ2) is 6.73. The van der Waals surface area contributed by atoms with Gasteiger partial charge < -0.3 is 4.74 Å². The van der Waals surface area contributed by atoms with E-state index in [1.165, 1.54) is 0 Å². The third kappa shape index (κ3) is 4.22. The lowest BCUT2D eigenvalue weighted by Gasteiger charge is -2.14. The zero-order valence-corrected chi connectivity index (χ0v) is 11.8. The monoisotopic (exact) mass is 306 g/mol. The zero-order chi connectivity index (χ0) is 15.3. The minimum atomic E-state index is -3.95. The van der Waals surface area contributed by atoms with Crippen molar-refractivity contribution >= 4 is 15.7 Å². The van der Waals surface area contributed by atoms with Crippen molar-refractivity contribution in [2.75, 3.05) is 13.2 Å². The van der Waals surface area contributed by atoms with Gasteiger partial charge in [-0.05, 0) is 19.9 Å². The molecule has 1 aromatic rings. The summed E-state index contributed by atoms with van der Waals surface area (Å²) >= 11 is 0. The summed E-state index contributed by atoms with van der Waals surface area (Å²) in [5.41, 5.74) is -0.772. The molecule has 0 radical (unpaired) electrons. The van der Waals surface area contributed by atoms with Crippen LogP contribution in [0, 0.1) is 15.9 Å². The fourth-order valence-electron chi connectivity index (χ4n) is 1.46. The van der Waals surface area contributed by atoms with Crippen molar-refractivity contribution in [2.24, 2.45) is 0 Å². The third-order valence-electron chi connectivity index (χ3n) is 2.35. The molecular formula is C11H15FN2O5S. The van der Waals surface area contributed by atoms with Crippen molar-refractivity contribution in [1.82, 2.24) is 4.72 Å². The Morgan fingerprint density at radius 3 is 2.65 bits per heavy atom. The maximum absolute atomic E-state index is 13.4. The van der Waals surface area contributed by atoms with Gasteiger partial charge in [0.05, 0.1) is 16.4 Å². The van der Waals surface area contributed by atoms with E-state index < -0.39 is 32.5 Å². The number of sulfonamides is 1. The number of hydrogen-bond donors (Lipinski definition) is 1. The molecule has 0 fully saturated rings. The molecular weight excluding hydrogens is 291 g/mol. The smallest absolute Gasteiger partial charge is 0.304 e. The Morgan fingerprint density at radius 1 is 1.50 bits per heavy atom. The average molecular weight is 306 g/mol. The van der Waals surface area contributed by atoms with E-state index in [-0.39, 0.29) is 11.5 Å². The van der Waals surface area contributed by atoms with E-state index in [2.05, 4.69) is 4.72 Å². The number of nitro groups is 1. The molecule has 0 bridgehead atoms. The van der Waals surface area contributed by atoms with Gasteiger partial charge >= 0.3 is 5.69 Å². The van der Waals surface area contributed by atoms with E-state index in [0.717, 1.165) is 12.1 Å². The van der Waals surface area contributed by atoms with Crippen molar-refractivity contribution in [2.45, 2.75) is 24.8 Å². The third-order valence-corrected chi connectivity index (χ3v) is 3.94. The number of nitrogens with zero attached hydrogens (tertiary/aromatic N) is 1. The molecule has 0 saturated heterocycles. The van der Waals surface area contributed by atoms with Gasteiger partial charge in [0.25, 0.3) is 0 Å². The molecule has 1 N–H and O–H groups in total. The van der Waals surface area contributed by atoms with Crippen LogP contribution in [0.25, 0.3) is 0 Å². The van der Waals surface area contributed by atoms with Gasteiger partial charge in [-0.25, -0.2) is 13.1 Å². The molecule has 20 heavy (non-hydrogen) atoms. The molecule has 0 aliphatic heterocycles. The van der Waals surface area contributed by atoms with E-state index in [0.29, 0.717) is 12.7 Å². The molecule has 0 spiro atoms. The molecule has 0 aliphatic rings. The maximum atomic E-state index is 13.4. The van der Waals surface area contributed by atoms with Gasteiger partial charge in [-0.15, -0.1) is 0 Å². The molecule has 1 unspecified atom stereocenters. The Balaban J connectivity index is 2.93. The number of ether oxygens (including phenoxy) is 1. The molecule has 1 aromatic carbocycles. The fourth-order valence-corrected chi connectivity index (χ4v) is 2.70. The van der Waals surface area contributed by atoms with Crippen LogP contribution >= 0.6 is 0 Å². The minimum Gasteiger partial charge on any atom is -0.380 e. The quantitative estimate of drug-likeness (QED) is 0.607. The predicted octanol–water partition coefficient (Wildman–Crippen LogP) is 1.44. The van der Waals surface area contributed by atoms with E-state index in [1.54, 1.807) is 13.8 Å². The largest absolute Gasteiger partial charge is 0.380 e. The number of halogens is 1. The first kappa shape index (κ1) is 16.5. The van der Waals surface area contributed by atoms with Crippen molar-refractivity contribution in [1.29, 1.82) is 0 Å². The van der Waals surface area contributed by atoms with Gasteiger partial charge in [0.15, 0.2) is 0 Å². The van der Waals surface area contributed by atoms with Crippen LogP contribution < -0.4 is 4.72 Å². The molecule has 112 valence electrons. The maximum Gasteiger partial charge on any atom is 0.304 e. The van der Waals surface area contributed by atoms with E-state index in [4.69, 9.17) is 4.74 Å². The molecule has 1 rings (SSSR count). The summed E-state index contributed by atoms with van der Waals surface area (Å²) in [7, 11) is -3.95. The van der Waals surface area contributed by atoms with Crippen molar-refractivity contribution < 1.29 is 22.5 Å². The first-order chi connectivity index (χ1) is 9.27. The van der Waals surface area contributed by atoms with Crippen LogP contribution in [0.2, 0.25) is 0 Å². The highest BCUT2D eigenvalue weighted by Gasteiger charge is 2.22. The van der Waals surface area contributed by atoms with Crippen molar-refractivity contribution in [3.63, 3.8) is 0 Å². The van der Waals surface area contributed by atoms with Crippen LogP contribution in [0.1, 0.15) is 13.8 Å². The van der Waals surface area contributed by atoms with Crippen molar-refractivity contribution in [3.05, 3.63) is 34.1 Å². The molecule has 0 amide bonds. The van der Waals surface area contributed by atoms with Gasteiger partial charge in [0.1, 0.15) is 0 Å². The molecule has 9 heteroatoms. The first-order valence-electron chi connectivity index (χ1n) is 5.82. The molecule has 0 aromatic heterocycles. The summed E-state index contributed by atoms with van der Waals surface area (Å²) in [6, 6.07) is 1.92. The summed E-state index contributed by atoms with van der Waals surface area (Å²) in [6.45, 7) is 3.98.